The molecule has 2 bridgehead atoms. The molecule has 4 unspecified atom stereocenters. The van der Waals surface area contributed by atoms with Gasteiger partial charge in [0, 0.05) is 26.7 Å². The molecule has 0 aromatic carbocycles. The van der Waals surface area contributed by atoms with E-state index in [9.17, 15) is 9.59 Å². The molecular formula is C21H34N4O2. The Morgan fingerprint density at radius 2 is 1.63 bits per heavy atom. The quantitative estimate of drug-likeness (QED) is 0.235. The van der Waals surface area contributed by atoms with Crippen molar-refractivity contribution in [3.8, 4) is 0 Å². The Kier molecular flexibility index (Phi) is 5.92. The maximum absolute atomic E-state index is 12.6. The molecule has 0 spiro atoms. The molecule has 1 saturated carbocycles. The lowest BCUT2D eigenvalue weighted by Gasteiger charge is -2.19. The van der Waals surface area contributed by atoms with Crippen LogP contribution >= 0.6 is 0 Å². The normalized spacial score (nSPS) is 29.6. The largest absolute Gasteiger partial charge is 0.356 e. The van der Waals surface area contributed by atoms with Crippen molar-refractivity contribution in [1.29, 1.82) is 0 Å². The third kappa shape index (κ3) is 4.36. The van der Waals surface area contributed by atoms with Gasteiger partial charge in [0.05, 0.1) is 11.8 Å². The van der Waals surface area contributed by atoms with Crippen molar-refractivity contribution < 1.29 is 9.59 Å². The first-order valence-corrected chi connectivity index (χ1v) is 10.3. The van der Waals surface area contributed by atoms with Crippen molar-refractivity contribution in [2.75, 3.05) is 26.7 Å². The van der Waals surface area contributed by atoms with Crippen LogP contribution in [0.25, 0.3) is 0 Å². The van der Waals surface area contributed by atoms with Gasteiger partial charge in [0.2, 0.25) is 11.8 Å². The highest BCUT2D eigenvalue weighted by molar-refractivity contribution is 6.06. The summed E-state index contributed by atoms with van der Waals surface area (Å²) in [5.74, 6) is 1.28. The molecule has 6 nitrogen and oxygen atoms in total. The van der Waals surface area contributed by atoms with Gasteiger partial charge in [-0.3, -0.25) is 19.5 Å². The Labute approximate surface area is 162 Å². The molecule has 150 valence electrons. The van der Waals surface area contributed by atoms with Crippen molar-refractivity contribution in [1.82, 2.24) is 15.5 Å². The molecule has 2 N–H and O–H groups in total. The van der Waals surface area contributed by atoms with Gasteiger partial charge >= 0.3 is 0 Å². The summed E-state index contributed by atoms with van der Waals surface area (Å²) in [5, 5.41) is 6.60. The van der Waals surface area contributed by atoms with Gasteiger partial charge in [-0.2, -0.15) is 0 Å². The summed E-state index contributed by atoms with van der Waals surface area (Å²) in [4.78, 5) is 31.0. The standard InChI is InChI=1S/C21H34N4O2/c1-21(2,3)9-5-10-23-20(22-4)24-11-6-12-25-18(26)16-14-7-8-15(13-14)17(16)19(25)27/h7-8,14-17H,5-6,9-13H2,1-4H3,(H2,22,23,24). The highest BCUT2D eigenvalue weighted by atomic mass is 16.2. The zero-order chi connectivity index (χ0) is 19.6. The van der Waals surface area contributed by atoms with Crippen LogP contribution in [0, 0.1) is 29.1 Å². The van der Waals surface area contributed by atoms with Crippen LogP contribution in [0.5, 0.6) is 0 Å². The van der Waals surface area contributed by atoms with Crippen LogP contribution in [0.4, 0.5) is 0 Å². The Hall–Kier alpha value is -1.85. The van der Waals surface area contributed by atoms with Gasteiger partial charge in [0.15, 0.2) is 5.96 Å². The Bertz CT molecular complexity index is 605. The molecule has 1 heterocycles. The number of aliphatic imine (C=N–C) groups is 1. The summed E-state index contributed by atoms with van der Waals surface area (Å²) in [6.45, 7) is 8.82. The first-order chi connectivity index (χ1) is 12.8. The summed E-state index contributed by atoms with van der Waals surface area (Å²) >= 11 is 0. The maximum Gasteiger partial charge on any atom is 0.233 e. The highest BCUT2D eigenvalue weighted by Crippen LogP contribution is 2.52. The van der Waals surface area contributed by atoms with Crippen LogP contribution in [0.2, 0.25) is 0 Å². The Balaban J connectivity index is 1.36. The number of hydrogen-bond acceptors (Lipinski definition) is 3. The molecular weight excluding hydrogens is 340 g/mol. The molecule has 27 heavy (non-hydrogen) atoms. The van der Waals surface area contributed by atoms with Crippen LogP contribution in [0.15, 0.2) is 17.1 Å². The summed E-state index contributed by atoms with van der Waals surface area (Å²) in [6.07, 6.45) is 8.26. The predicted octanol–water partition coefficient (Wildman–Crippen LogP) is 2.17. The molecule has 2 aliphatic carbocycles. The molecule has 3 aliphatic rings. The second kappa shape index (κ2) is 8.03. The molecule has 1 saturated heterocycles. The minimum absolute atomic E-state index is 0.0477. The summed E-state index contributed by atoms with van der Waals surface area (Å²) in [7, 11) is 1.76. The lowest BCUT2D eigenvalue weighted by atomic mass is 9.85. The van der Waals surface area contributed by atoms with E-state index in [0.717, 1.165) is 38.2 Å². The van der Waals surface area contributed by atoms with E-state index in [1.165, 1.54) is 4.90 Å². The molecule has 2 fully saturated rings. The van der Waals surface area contributed by atoms with Crippen LogP contribution in [0.1, 0.15) is 46.5 Å². The molecule has 4 atom stereocenters. The van der Waals surface area contributed by atoms with E-state index in [0.29, 0.717) is 18.5 Å². The number of imide groups is 1. The molecule has 0 aromatic rings. The summed E-state index contributed by atoms with van der Waals surface area (Å²) < 4.78 is 0. The third-order valence-corrected chi connectivity index (χ3v) is 6.03. The molecule has 0 aromatic heterocycles. The van der Waals surface area contributed by atoms with Gasteiger partial charge in [-0.15, -0.1) is 0 Å². The fourth-order valence-electron chi connectivity index (χ4n) is 4.67. The van der Waals surface area contributed by atoms with Crippen LogP contribution in [0.3, 0.4) is 0 Å². The number of guanidine groups is 1. The maximum atomic E-state index is 12.6. The average molecular weight is 375 g/mol. The lowest BCUT2D eigenvalue weighted by molar-refractivity contribution is -0.140. The summed E-state index contributed by atoms with van der Waals surface area (Å²) in [5.41, 5.74) is 0.348. The fourth-order valence-corrected chi connectivity index (χ4v) is 4.67. The number of nitrogens with zero attached hydrogens (tertiary/aromatic N) is 2. The van der Waals surface area contributed by atoms with E-state index < -0.39 is 0 Å². The molecule has 0 radical (unpaired) electrons. The summed E-state index contributed by atoms with van der Waals surface area (Å²) in [6, 6.07) is 0. The second-order valence-corrected chi connectivity index (χ2v) is 9.27. The van der Waals surface area contributed by atoms with E-state index in [2.05, 4.69) is 48.5 Å². The van der Waals surface area contributed by atoms with E-state index >= 15 is 0 Å². The zero-order valence-corrected chi connectivity index (χ0v) is 17.1. The van der Waals surface area contributed by atoms with Crippen LogP contribution in [-0.4, -0.2) is 49.4 Å². The van der Waals surface area contributed by atoms with Crippen molar-refractivity contribution in [3.63, 3.8) is 0 Å². The third-order valence-electron chi connectivity index (χ3n) is 6.03. The van der Waals surface area contributed by atoms with Gasteiger partial charge in [0.25, 0.3) is 0 Å². The molecule has 3 rings (SSSR count). The number of carbonyl (C=O) groups excluding carboxylic acids is 2. The highest BCUT2D eigenvalue weighted by Gasteiger charge is 2.58. The van der Waals surface area contributed by atoms with Gasteiger partial charge < -0.3 is 10.6 Å². The molecule has 6 heteroatoms. The predicted molar refractivity (Wildman–Crippen MR) is 107 cm³/mol. The van der Waals surface area contributed by atoms with Crippen molar-refractivity contribution >= 4 is 17.8 Å². The topological polar surface area (TPSA) is 73.8 Å². The van der Waals surface area contributed by atoms with Crippen LogP contribution in [-0.2, 0) is 9.59 Å². The lowest BCUT2D eigenvalue weighted by Crippen LogP contribution is -2.40. The van der Waals surface area contributed by atoms with E-state index in [1.54, 1.807) is 7.05 Å². The van der Waals surface area contributed by atoms with Crippen LogP contribution < -0.4 is 10.6 Å². The van der Waals surface area contributed by atoms with Gasteiger partial charge in [-0.25, -0.2) is 0 Å². The Morgan fingerprint density at radius 1 is 1.07 bits per heavy atom. The minimum atomic E-state index is -0.0855. The number of carbonyl (C=O) groups is 2. The zero-order valence-electron chi connectivity index (χ0n) is 17.1. The minimum Gasteiger partial charge on any atom is -0.356 e. The average Bonchev–Trinajstić information content (AvgIpc) is 3.28. The van der Waals surface area contributed by atoms with Gasteiger partial charge in [-0.05, 0) is 42.9 Å². The van der Waals surface area contributed by atoms with Gasteiger partial charge in [0.1, 0.15) is 0 Å². The molecule has 2 amide bonds. The number of likely N-dealkylation sites (tertiary alicyclic amines) is 1. The fraction of sp³-hybridized carbons (Fsp3) is 0.762. The number of hydrogen-bond donors (Lipinski definition) is 2. The van der Waals surface area contributed by atoms with Crippen molar-refractivity contribution in [2.24, 2.45) is 34.1 Å². The Morgan fingerprint density at radius 3 is 2.15 bits per heavy atom. The second-order valence-electron chi connectivity index (χ2n) is 9.27. The number of amides is 2. The number of allylic oxidation sites excluding steroid dienone is 2. The van der Waals surface area contributed by atoms with E-state index in [-0.39, 0.29) is 35.5 Å². The van der Waals surface area contributed by atoms with Gasteiger partial charge in [-0.1, -0.05) is 32.9 Å². The number of rotatable bonds is 7. The SMILES string of the molecule is CN=C(NCCCN1C(=O)C2C3C=CC(C3)C2C1=O)NCCCC(C)(C)C. The first kappa shape index (κ1) is 19.9. The first-order valence-electron chi connectivity index (χ1n) is 10.3. The smallest absolute Gasteiger partial charge is 0.233 e. The number of fused-ring (bicyclic) bond motifs is 5. The van der Waals surface area contributed by atoms with E-state index in [1.807, 2.05) is 0 Å². The number of nitrogens with one attached hydrogen (secondary N) is 2. The van der Waals surface area contributed by atoms with Crippen molar-refractivity contribution in [2.45, 2.75) is 46.5 Å². The molecule has 1 aliphatic heterocycles. The monoisotopic (exact) mass is 374 g/mol. The van der Waals surface area contributed by atoms with E-state index in [4.69, 9.17) is 0 Å². The van der Waals surface area contributed by atoms with Crippen molar-refractivity contribution in [3.05, 3.63) is 12.2 Å².